The molecule has 34 heavy (non-hydrogen) atoms. The molecule has 4 nitrogen and oxygen atoms in total. The van der Waals surface area contributed by atoms with Crippen LogP contribution in [0.2, 0.25) is 5.02 Å². The minimum Gasteiger partial charge on any atom is -0.354 e. The normalized spacial score (nSPS) is 11.8. The van der Waals surface area contributed by atoms with Gasteiger partial charge >= 0.3 is 0 Å². The van der Waals surface area contributed by atoms with Crippen molar-refractivity contribution in [1.82, 2.24) is 10.2 Å². The zero-order valence-electron chi connectivity index (χ0n) is 19.9. The van der Waals surface area contributed by atoms with Gasteiger partial charge in [-0.3, -0.25) is 9.59 Å². The predicted octanol–water partition coefficient (Wildman–Crippen LogP) is 5.68. The number of aryl methyl sites for hydroxylation is 1. The highest BCUT2D eigenvalue weighted by atomic mass is 35.5. The second-order valence-corrected chi connectivity index (χ2v) is 9.35. The molecule has 2 amide bonds. The molecule has 5 heteroatoms. The number of carbonyl (C=O) groups is 2. The number of halogens is 1. The molecule has 0 aliphatic rings. The number of nitrogens with zero attached hydrogens (tertiary/aromatic N) is 1. The van der Waals surface area contributed by atoms with E-state index in [9.17, 15) is 9.59 Å². The fourth-order valence-electron chi connectivity index (χ4n) is 3.84. The van der Waals surface area contributed by atoms with Gasteiger partial charge in [-0.15, -0.1) is 0 Å². The smallest absolute Gasteiger partial charge is 0.243 e. The molecule has 0 spiro atoms. The van der Waals surface area contributed by atoms with Gasteiger partial charge in [-0.1, -0.05) is 104 Å². The quantitative estimate of drug-likeness (QED) is 0.386. The molecule has 0 aliphatic heterocycles. The van der Waals surface area contributed by atoms with Crippen molar-refractivity contribution in [3.05, 3.63) is 107 Å². The average Bonchev–Trinajstić information content (AvgIpc) is 2.85. The molecule has 0 aromatic heterocycles. The maximum Gasteiger partial charge on any atom is 0.243 e. The van der Waals surface area contributed by atoms with Gasteiger partial charge in [0.2, 0.25) is 11.8 Å². The van der Waals surface area contributed by atoms with E-state index in [2.05, 4.69) is 19.2 Å². The third kappa shape index (κ3) is 7.74. The molecule has 0 saturated heterocycles. The van der Waals surface area contributed by atoms with Gasteiger partial charge in [0.15, 0.2) is 0 Å². The largest absolute Gasteiger partial charge is 0.354 e. The number of carbonyl (C=O) groups excluding carboxylic acids is 2. The molecular formula is C29H33ClN2O2. The summed E-state index contributed by atoms with van der Waals surface area (Å²) in [6.45, 7) is 5.05. The molecule has 0 radical (unpaired) electrons. The monoisotopic (exact) mass is 476 g/mol. The molecular weight excluding hydrogens is 444 g/mol. The van der Waals surface area contributed by atoms with Crippen molar-refractivity contribution >= 4 is 23.4 Å². The molecule has 0 saturated carbocycles. The molecule has 0 heterocycles. The Morgan fingerprint density at radius 2 is 1.44 bits per heavy atom. The number of hydrogen-bond donors (Lipinski definition) is 1. The number of benzene rings is 3. The number of rotatable bonds is 11. The zero-order chi connectivity index (χ0) is 24.3. The van der Waals surface area contributed by atoms with Gasteiger partial charge in [-0.2, -0.15) is 0 Å². The number of hydrogen-bond acceptors (Lipinski definition) is 2. The minimum atomic E-state index is -0.611. The van der Waals surface area contributed by atoms with Crippen LogP contribution in [0.4, 0.5) is 0 Å². The Balaban J connectivity index is 1.88. The second kappa shape index (κ2) is 13.0. The van der Waals surface area contributed by atoms with E-state index in [-0.39, 0.29) is 18.2 Å². The summed E-state index contributed by atoms with van der Waals surface area (Å²) in [5.41, 5.74) is 2.94. The molecule has 178 valence electrons. The Hall–Kier alpha value is -3.11. The third-order valence-electron chi connectivity index (χ3n) is 5.72. The Labute approximate surface area is 207 Å². The van der Waals surface area contributed by atoms with E-state index in [1.807, 2.05) is 84.9 Å². The van der Waals surface area contributed by atoms with Crippen LogP contribution in [0.5, 0.6) is 0 Å². The first kappa shape index (κ1) is 25.5. The van der Waals surface area contributed by atoms with Crippen molar-refractivity contribution in [1.29, 1.82) is 0 Å². The second-order valence-electron chi connectivity index (χ2n) is 8.94. The summed E-state index contributed by atoms with van der Waals surface area (Å²) in [6.07, 6.45) is 1.25. The highest BCUT2D eigenvalue weighted by Crippen LogP contribution is 2.20. The SMILES string of the molecule is CC(C)CNC(=O)C(Cc1ccccc1)N(Cc1ccccc1)C(=O)CCc1ccccc1Cl. The fraction of sp³-hybridized carbons (Fsp3) is 0.310. The molecule has 0 bridgehead atoms. The van der Waals surface area contributed by atoms with Crippen molar-refractivity contribution in [3.63, 3.8) is 0 Å². The first-order valence-corrected chi connectivity index (χ1v) is 12.2. The van der Waals surface area contributed by atoms with E-state index in [0.717, 1.165) is 16.7 Å². The third-order valence-corrected chi connectivity index (χ3v) is 6.09. The van der Waals surface area contributed by atoms with Gasteiger partial charge in [0, 0.05) is 31.0 Å². The Kier molecular flexibility index (Phi) is 9.72. The standard InChI is InChI=1S/C29H33ClN2O2/c1-22(2)20-31-29(34)27(19-23-11-5-3-6-12-23)32(21-24-13-7-4-8-14-24)28(33)18-17-25-15-9-10-16-26(25)30/h3-16,22,27H,17-21H2,1-2H3,(H,31,34). The Morgan fingerprint density at radius 1 is 0.853 bits per heavy atom. The topological polar surface area (TPSA) is 49.4 Å². The van der Waals surface area contributed by atoms with Crippen LogP contribution < -0.4 is 5.32 Å². The summed E-state index contributed by atoms with van der Waals surface area (Å²) in [4.78, 5) is 28.7. The van der Waals surface area contributed by atoms with E-state index >= 15 is 0 Å². The van der Waals surface area contributed by atoms with Gasteiger partial charge in [0.25, 0.3) is 0 Å². The Morgan fingerprint density at radius 3 is 2.06 bits per heavy atom. The molecule has 3 aromatic carbocycles. The van der Waals surface area contributed by atoms with E-state index in [4.69, 9.17) is 11.6 Å². The summed E-state index contributed by atoms with van der Waals surface area (Å²) in [6, 6.07) is 26.6. The van der Waals surface area contributed by atoms with Crippen LogP contribution in [-0.2, 0) is 29.0 Å². The van der Waals surface area contributed by atoms with Crippen LogP contribution >= 0.6 is 11.6 Å². The molecule has 1 atom stereocenters. The van der Waals surface area contributed by atoms with Crippen molar-refractivity contribution in [2.45, 2.75) is 45.7 Å². The van der Waals surface area contributed by atoms with Crippen LogP contribution in [0.3, 0.4) is 0 Å². The molecule has 1 unspecified atom stereocenters. The van der Waals surface area contributed by atoms with Crippen LogP contribution in [0.25, 0.3) is 0 Å². The first-order valence-electron chi connectivity index (χ1n) is 11.8. The van der Waals surface area contributed by atoms with Crippen molar-refractivity contribution in [2.75, 3.05) is 6.54 Å². The molecule has 3 aromatic rings. The van der Waals surface area contributed by atoms with Gasteiger partial charge in [0.05, 0.1) is 0 Å². The molecule has 1 N–H and O–H groups in total. The van der Waals surface area contributed by atoms with Crippen LogP contribution in [0, 0.1) is 5.92 Å². The van der Waals surface area contributed by atoms with E-state index in [1.54, 1.807) is 4.90 Å². The van der Waals surface area contributed by atoms with Gasteiger partial charge in [0.1, 0.15) is 6.04 Å². The minimum absolute atomic E-state index is 0.0654. The lowest BCUT2D eigenvalue weighted by Gasteiger charge is -2.32. The summed E-state index contributed by atoms with van der Waals surface area (Å²) >= 11 is 6.32. The summed E-state index contributed by atoms with van der Waals surface area (Å²) in [7, 11) is 0. The maximum atomic E-state index is 13.6. The average molecular weight is 477 g/mol. The number of nitrogens with one attached hydrogen (secondary N) is 1. The van der Waals surface area contributed by atoms with Crippen molar-refractivity contribution in [2.24, 2.45) is 5.92 Å². The maximum absolute atomic E-state index is 13.6. The lowest BCUT2D eigenvalue weighted by Crippen LogP contribution is -2.51. The lowest BCUT2D eigenvalue weighted by atomic mass is 10.0. The molecule has 0 fully saturated rings. The highest BCUT2D eigenvalue weighted by Gasteiger charge is 2.30. The van der Waals surface area contributed by atoms with Crippen molar-refractivity contribution in [3.8, 4) is 0 Å². The first-order chi connectivity index (χ1) is 16.4. The van der Waals surface area contributed by atoms with Gasteiger partial charge < -0.3 is 10.2 Å². The number of amides is 2. The van der Waals surface area contributed by atoms with Crippen molar-refractivity contribution < 1.29 is 9.59 Å². The summed E-state index contributed by atoms with van der Waals surface area (Å²) in [5.74, 6) is 0.129. The predicted molar refractivity (Wildman–Crippen MR) is 139 cm³/mol. The fourth-order valence-corrected chi connectivity index (χ4v) is 4.07. The molecule has 3 rings (SSSR count). The van der Waals surface area contributed by atoms with Crippen LogP contribution in [0.1, 0.15) is 37.0 Å². The summed E-state index contributed by atoms with van der Waals surface area (Å²) < 4.78 is 0. The van der Waals surface area contributed by atoms with Crippen LogP contribution in [0.15, 0.2) is 84.9 Å². The lowest BCUT2D eigenvalue weighted by molar-refractivity contribution is -0.141. The Bertz CT molecular complexity index is 1050. The highest BCUT2D eigenvalue weighted by molar-refractivity contribution is 6.31. The van der Waals surface area contributed by atoms with E-state index < -0.39 is 6.04 Å². The van der Waals surface area contributed by atoms with E-state index in [0.29, 0.717) is 36.9 Å². The van der Waals surface area contributed by atoms with Gasteiger partial charge in [-0.05, 0) is 35.1 Å². The molecule has 0 aliphatic carbocycles. The van der Waals surface area contributed by atoms with E-state index in [1.165, 1.54) is 0 Å². The van der Waals surface area contributed by atoms with Gasteiger partial charge in [-0.25, -0.2) is 0 Å². The zero-order valence-corrected chi connectivity index (χ0v) is 20.7. The summed E-state index contributed by atoms with van der Waals surface area (Å²) in [5, 5.41) is 3.71. The van der Waals surface area contributed by atoms with Crippen LogP contribution in [-0.4, -0.2) is 29.3 Å².